The van der Waals surface area contributed by atoms with Gasteiger partial charge in [-0.15, -0.1) is 0 Å². The molecule has 1 N–H and O–H groups in total. The minimum Gasteiger partial charge on any atom is -0.338 e. The number of amides is 2. The summed E-state index contributed by atoms with van der Waals surface area (Å²) in [4.78, 5) is 54.8. The van der Waals surface area contributed by atoms with E-state index in [1.54, 1.807) is 11.0 Å². The van der Waals surface area contributed by atoms with Crippen molar-refractivity contribution in [2.75, 3.05) is 26.2 Å². The van der Waals surface area contributed by atoms with E-state index in [2.05, 4.69) is 5.32 Å². The van der Waals surface area contributed by atoms with Gasteiger partial charge in [-0.3, -0.25) is 24.5 Å². The molecule has 9 nitrogen and oxygen atoms in total. The molecule has 35 heavy (non-hydrogen) atoms. The van der Waals surface area contributed by atoms with E-state index in [1.807, 2.05) is 0 Å². The molecule has 0 spiro atoms. The fourth-order valence-corrected chi connectivity index (χ4v) is 5.80. The van der Waals surface area contributed by atoms with Gasteiger partial charge in [0, 0.05) is 62.1 Å². The lowest BCUT2D eigenvalue weighted by Gasteiger charge is -2.36. The molecular formula is C25H25FN4O5. The minimum absolute atomic E-state index is 0.0611. The number of hydrogen-bond acceptors (Lipinski definition) is 6. The van der Waals surface area contributed by atoms with E-state index in [-0.39, 0.29) is 29.4 Å². The van der Waals surface area contributed by atoms with E-state index in [4.69, 9.17) is 0 Å². The van der Waals surface area contributed by atoms with Crippen LogP contribution in [0.15, 0.2) is 48.5 Å². The van der Waals surface area contributed by atoms with Gasteiger partial charge in [0.1, 0.15) is 17.6 Å². The average Bonchev–Trinajstić information content (AvgIpc) is 3.41. The Morgan fingerprint density at radius 2 is 1.83 bits per heavy atom. The maximum absolute atomic E-state index is 14.0. The number of nitrogens with zero attached hydrogens (tertiary/aromatic N) is 3. The number of ketones is 1. The van der Waals surface area contributed by atoms with Crippen LogP contribution in [0.4, 0.5) is 10.1 Å². The van der Waals surface area contributed by atoms with Crippen molar-refractivity contribution in [2.24, 2.45) is 11.8 Å². The van der Waals surface area contributed by atoms with Crippen molar-refractivity contribution in [3.05, 3.63) is 75.6 Å². The third-order valence-electron chi connectivity index (χ3n) is 7.31. The van der Waals surface area contributed by atoms with Crippen molar-refractivity contribution in [1.29, 1.82) is 0 Å². The Morgan fingerprint density at radius 3 is 2.54 bits per heavy atom. The van der Waals surface area contributed by atoms with Crippen LogP contribution in [0.5, 0.6) is 0 Å². The Hall–Kier alpha value is -3.66. The zero-order chi connectivity index (χ0) is 24.7. The normalized spacial score (nSPS) is 26.0. The molecule has 2 aromatic rings. The molecule has 1 saturated carbocycles. The highest BCUT2D eigenvalue weighted by molar-refractivity contribution is 6.00. The SMILES string of the molecule is O=C1CCC2C1C(c1cccc([N+](=O)[O-])c1)N(C(=O)c1cccc(F)c1)C2C(=O)N1CCNCC1. The Kier molecular flexibility index (Phi) is 6.06. The van der Waals surface area contributed by atoms with Gasteiger partial charge in [-0.1, -0.05) is 18.2 Å². The lowest BCUT2D eigenvalue weighted by atomic mass is 9.86. The zero-order valence-electron chi connectivity index (χ0n) is 18.9. The molecule has 3 fully saturated rings. The van der Waals surface area contributed by atoms with Gasteiger partial charge in [-0.05, 0) is 30.2 Å². The summed E-state index contributed by atoms with van der Waals surface area (Å²) in [7, 11) is 0. The monoisotopic (exact) mass is 480 g/mol. The van der Waals surface area contributed by atoms with Gasteiger partial charge in [0.05, 0.1) is 11.0 Å². The van der Waals surface area contributed by atoms with Gasteiger partial charge in [0.15, 0.2) is 0 Å². The first-order valence-electron chi connectivity index (χ1n) is 11.7. The van der Waals surface area contributed by atoms with E-state index in [1.165, 1.54) is 41.3 Å². The molecule has 2 aromatic carbocycles. The molecule has 10 heteroatoms. The number of likely N-dealkylation sites (tertiary alicyclic amines) is 1. The van der Waals surface area contributed by atoms with Crippen molar-refractivity contribution in [2.45, 2.75) is 24.9 Å². The lowest BCUT2D eigenvalue weighted by Crippen LogP contribution is -2.55. The first-order valence-corrected chi connectivity index (χ1v) is 11.7. The molecule has 1 aliphatic carbocycles. The van der Waals surface area contributed by atoms with E-state index in [0.717, 1.165) is 6.07 Å². The van der Waals surface area contributed by atoms with Gasteiger partial charge >= 0.3 is 0 Å². The van der Waals surface area contributed by atoms with Gasteiger partial charge < -0.3 is 15.1 Å². The molecule has 2 aliphatic heterocycles. The van der Waals surface area contributed by atoms with Crippen LogP contribution in [-0.4, -0.2) is 64.5 Å². The fraction of sp³-hybridized carbons (Fsp3) is 0.400. The molecule has 182 valence electrons. The molecule has 2 amide bonds. The van der Waals surface area contributed by atoms with E-state index in [9.17, 15) is 28.9 Å². The van der Waals surface area contributed by atoms with E-state index in [0.29, 0.717) is 38.2 Å². The molecule has 0 aromatic heterocycles. The number of halogens is 1. The summed E-state index contributed by atoms with van der Waals surface area (Å²) in [6, 6.07) is 9.30. The predicted octanol–water partition coefficient (Wildman–Crippen LogP) is 2.33. The number of nitro benzene ring substituents is 1. The third-order valence-corrected chi connectivity index (χ3v) is 7.31. The highest BCUT2D eigenvalue weighted by atomic mass is 19.1. The van der Waals surface area contributed by atoms with Crippen molar-refractivity contribution in [1.82, 2.24) is 15.1 Å². The second-order valence-corrected chi connectivity index (χ2v) is 9.23. The summed E-state index contributed by atoms with van der Waals surface area (Å²) < 4.78 is 14.0. The Morgan fingerprint density at radius 1 is 1.09 bits per heavy atom. The molecule has 4 atom stereocenters. The molecule has 2 saturated heterocycles. The summed E-state index contributed by atoms with van der Waals surface area (Å²) in [6.45, 7) is 2.20. The van der Waals surface area contributed by atoms with Crippen molar-refractivity contribution < 1.29 is 23.7 Å². The number of fused-ring (bicyclic) bond motifs is 1. The number of hydrogen-bond donors (Lipinski definition) is 1. The topological polar surface area (TPSA) is 113 Å². The van der Waals surface area contributed by atoms with Crippen molar-refractivity contribution in [3.8, 4) is 0 Å². The Labute approximate surface area is 201 Å². The standard InChI is InChI=1S/C25H25FN4O5/c26-17-5-1-4-16(13-17)24(32)29-22(15-3-2-6-18(14-15)30(34)35)21-19(7-8-20(21)31)23(29)25(33)28-11-9-27-10-12-28/h1-6,13-14,19,21-23,27H,7-12H2. The second-order valence-electron chi connectivity index (χ2n) is 9.23. The summed E-state index contributed by atoms with van der Waals surface area (Å²) in [5.41, 5.74) is 0.315. The van der Waals surface area contributed by atoms with Gasteiger partial charge in [-0.25, -0.2) is 4.39 Å². The number of non-ortho nitro benzene ring substituents is 1. The molecule has 3 aliphatic rings. The molecule has 2 heterocycles. The number of rotatable bonds is 4. The van der Waals surface area contributed by atoms with Crippen LogP contribution in [0.1, 0.15) is 34.8 Å². The van der Waals surface area contributed by atoms with E-state index >= 15 is 0 Å². The van der Waals surface area contributed by atoms with Crippen LogP contribution in [0.3, 0.4) is 0 Å². The fourth-order valence-electron chi connectivity index (χ4n) is 5.80. The Balaban J connectivity index is 1.64. The highest BCUT2D eigenvalue weighted by Gasteiger charge is 2.59. The molecule has 0 radical (unpaired) electrons. The largest absolute Gasteiger partial charge is 0.338 e. The van der Waals surface area contributed by atoms with Crippen LogP contribution in [-0.2, 0) is 9.59 Å². The van der Waals surface area contributed by atoms with E-state index < -0.39 is 40.6 Å². The zero-order valence-corrected chi connectivity index (χ0v) is 18.9. The number of benzene rings is 2. The maximum atomic E-state index is 14.0. The summed E-state index contributed by atoms with van der Waals surface area (Å²) in [5, 5.41) is 14.7. The van der Waals surface area contributed by atoms with Gasteiger partial charge in [-0.2, -0.15) is 0 Å². The summed E-state index contributed by atoms with van der Waals surface area (Å²) in [5.74, 6) is -2.55. The average molecular weight is 480 g/mol. The number of Topliss-reactive ketones (excluding diaryl/α,β-unsaturated/α-hetero) is 1. The number of carbonyl (C=O) groups is 3. The Bertz CT molecular complexity index is 1200. The first-order chi connectivity index (χ1) is 16.9. The molecular weight excluding hydrogens is 455 g/mol. The highest BCUT2D eigenvalue weighted by Crippen LogP contribution is 2.52. The number of piperazine rings is 1. The number of nitro groups is 1. The van der Waals surface area contributed by atoms with Crippen LogP contribution in [0, 0.1) is 27.8 Å². The molecule has 4 unspecified atom stereocenters. The summed E-state index contributed by atoms with van der Waals surface area (Å²) >= 11 is 0. The van der Waals surface area contributed by atoms with Gasteiger partial charge in [0.2, 0.25) is 5.91 Å². The second kappa shape index (κ2) is 9.18. The van der Waals surface area contributed by atoms with Crippen LogP contribution in [0.25, 0.3) is 0 Å². The first kappa shape index (κ1) is 23.1. The van der Waals surface area contributed by atoms with Crippen molar-refractivity contribution in [3.63, 3.8) is 0 Å². The van der Waals surface area contributed by atoms with Crippen molar-refractivity contribution >= 4 is 23.3 Å². The maximum Gasteiger partial charge on any atom is 0.269 e. The third kappa shape index (κ3) is 4.07. The quantitative estimate of drug-likeness (QED) is 0.531. The smallest absolute Gasteiger partial charge is 0.269 e. The van der Waals surface area contributed by atoms with Crippen LogP contribution < -0.4 is 5.32 Å². The molecule has 0 bridgehead atoms. The molecule has 5 rings (SSSR count). The predicted molar refractivity (Wildman–Crippen MR) is 123 cm³/mol. The number of nitrogens with one attached hydrogen (secondary N) is 1. The van der Waals surface area contributed by atoms with Crippen LogP contribution in [0.2, 0.25) is 0 Å². The van der Waals surface area contributed by atoms with Crippen LogP contribution >= 0.6 is 0 Å². The van der Waals surface area contributed by atoms with Gasteiger partial charge in [0.25, 0.3) is 11.6 Å². The minimum atomic E-state index is -0.912. The summed E-state index contributed by atoms with van der Waals surface area (Å²) in [6.07, 6.45) is 0.735. The lowest BCUT2D eigenvalue weighted by molar-refractivity contribution is -0.385. The number of carbonyl (C=O) groups excluding carboxylic acids is 3.